The Labute approximate surface area is 99.9 Å². The fraction of sp³-hybridized carbons (Fsp3) is 0.500. The Bertz CT molecular complexity index is 393. The van der Waals surface area contributed by atoms with E-state index in [0.717, 1.165) is 25.9 Å². The SMILES string of the molecule is O=C(C1=CC=C([N+](=O)[O-])C[CH]1)N1CCCCC1. The van der Waals surface area contributed by atoms with Gasteiger partial charge in [0, 0.05) is 37.6 Å². The normalized spacial score (nSPS) is 20.6. The first-order valence-corrected chi connectivity index (χ1v) is 5.86. The van der Waals surface area contributed by atoms with Crippen LogP contribution in [0.5, 0.6) is 0 Å². The van der Waals surface area contributed by atoms with Crippen molar-refractivity contribution in [3.05, 3.63) is 40.0 Å². The highest BCUT2D eigenvalue weighted by Gasteiger charge is 2.24. The highest BCUT2D eigenvalue weighted by Crippen LogP contribution is 2.21. The van der Waals surface area contributed by atoms with Crippen molar-refractivity contribution in [2.45, 2.75) is 25.7 Å². The maximum Gasteiger partial charge on any atom is 0.250 e. The number of amides is 1. The Hall–Kier alpha value is -1.65. The van der Waals surface area contributed by atoms with Crippen LogP contribution in [0.4, 0.5) is 0 Å². The van der Waals surface area contributed by atoms with Crippen LogP contribution in [0.3, 0.4) is 0 Å². The Morgan fingerprint density at radius 3 is 2.47 bits per heavy atom. The zero-order chi connectivity index (χ0) is 12.3. The van der Waals surface area contributed by atoms with E-state index < -0.39 is 4.92 Å². The number of hydrogen-bond acceptors (Lipinski definition) is 3. The predicted molar refractivity (Wildman–Crippen MR) is 62.5 cm³/mol. The number of nitro groups is 1. The molecule has 17 heavy (non-hydrogen) atoms. The van der Waals surface area contributed by atoms with Gasteiger partial charge in [-0.05, 0) is 25.3 Å². The quantitative estimate of drug-likeness (QED) is 0.540. The lowest BCUT2D eigenvalue weighted by Gasteiger charge is -2.27. The first-order valence-electron chi connectivity index (χ1n) is 5.86. The fourth-order valence-corrected chi connectivity index (χ4v) is 2.11. The van der Waals surface area contributed by atoms with Crippen molar-refractivity contribution in [3.8, 4) is 0 Å². The van der Waals surface area contributed by atoms with Gasteiger partial charge in [-0.25, -0.2) is 0 Å². The van der Waals surface area contributed by atoms with Gasteiger partial charge >= 0.3 is 0 Å². The molecule has 5 nitrogen and oxygen atoms in total. The van der Waals surface area contributed by atoms with Gasteiger partial charge in [-0.1, -0.05) is 0 Å². The molecule has 1 aliphatic heterocycles. The summed E-state index contributed by atoms with van der Waals surface area (Å²) in [7, 11) is 0. The summed E-state index contributed by atoms with van der Waals surface area (Å²) in [6.45, 7) is 1.60. The van der Waals surface area contributed by atoms with Gasteiger partial charge in [0.2, 0.25) is 11.6 Å². The largest absolute Gasteiger partial charge is 0.339 e. The van der Waals surface area contributed by atoms with Gasteiger partial charge in [0.25, 0.3) is 0 Å². The minimum atomic E-state index is -0.408. The molecule has 1 fully saturated rings. The molecule has 1 heterocycles. The number of carbonyl (C=O) groups excluding carboxylic acids is 1. The van der Waals surface area contributed by atoms with Crippen molar-refractivity contribution >= 4 is 5.91 Å². The molecular weight excluding hydrogens is 220 g/mol. The lowest BCUT2D eigenvalue weighted by molar-refractivity contribution is -0.427. The van der Waals surface area contributed by atoms with E-state index >= 15 is 0 Å². The second-order valence-corrected chi connectivity index (χ2v) is 4.30. The average Bonchev–Trinajstić information content (AvgIpc) is 2.39. The van der Waals surface area contributed by atoms with Gasteiger partial charge in [0.05, 0.1) is 4.92 Å². The summed E-state index contributed by atoms with van der Waals surface area (Å²) in [6.07, 6.45) is 8.14. The maximum absolute atomic E-state index is 12.1. The van der Waals surface area contributed by atoms with Crippen LogP contribution in [0.25, 0.3) is 0 Å². The molecule has 0 aromatic rings. The number of hydrogen-bond donors (Lipinski definition) is 0. The monoisotopic (exact) mass is 235 g/mol. The first-order chi connectivity index (χ1) is 8.18. The fourth-order valence-electron chi connectivity index (χ4n) is 2.11. The summed E-state index contributed by atoms with van der Waals surface area (Å²) in [5.41, 5.74) is 0.720. The summed E-state index contributed by atoms with van der Waals surface area (Å²) in [6, 6.07) is 0. The van der Waals surface area contributed by atoms with Crippen LogP contribution in [0.15, 0.2) is 23.4 Å². The van der Waals surface area contributed by atoms with Gasteiger partial charge in [0.15, 0.2) is 0 Å². The van der Waals surface area contributed by atoms with Crippen molar-refractivity contribution in [2.75, 3.05) is 13.1 Å². The molecule has 91 valence electrons. The Kier molecular flexibility index (Phi) is 3.56. The topological polar surface area (TPSA) is 63.4 Å². The zero-order valence-corrected chi connectivity index (χ0v) is 9.59. The van der Waals surface area contributed by atoms with E-state index in [1.165, 1.54) is 12.5 Å². The Morgan fingerprint density at radius 1 is 1.24 bits per heavy atom. The molecule has 0 saturated carbocycles. The van der Waals surface area contributed by atoms with Gasteiger partial charge in [-0.3, -0.25) is 14.9 Å². The van der Waals surface area contributed by atoms with Crippen molar-refractivity contribution in [3.63, 3.8) is 0 Å². The molecule has 0 aromatic carbocycles. The number of piperidine rings is 1. The lowest BCUT2D eigenvalue weighted by Crippen LogP contribution is -2.36. The molecule has 1 amide bonds. The molecule has 0 spiro atoms. The van der Waals surface area contributed by atoms with Crippen LogP contribution in [-0.2, 0) is 4.79 Å². The van der Waals surface area contributed by atoms with Crippen LogP contribution in [0.1, 0.15) is 25.7 Å². The number of rotatable bonds is 2. The third-order valence-electron chi connectivity index (χ3n) is 3.11. The van der Waals surface area contributed by atoms with Gasteiger partial charge in [-0.2, -0.15) is 0 Å². The summed E-state index contributed by atoms with van der Waals surface area (Å²) >= 11 is 0. The molecule has 2 aliphatic rings. The smallest absolute Gasteiger partial charge is 0.250 e. The summed E-state index contributed by atoms with van der Waals surface area (Å²) in [4.78, 5) is 24.0. The molecule has 0 aromatic heterocycles. The molecule has 0 atom stereocenters. The van der Waals surface area contributed by atoms with Crippen molar-refractivity contribution in [2.24, 2.45) is 0 Å². The molecule has 0 bridgehead atoms. The number of nitrogens with zero attached hydrogens (tertiary/aromatic N) is 2. The molecule has 2 rings (SSSR count). The van der Waals surface area contributed by atoms with E-state index in [-0.39, 0.29) is 18.0 Å². The van der Waals surface area contributed by atoms with Gasteiger partial charge in [-0.15, -0.1) is 0 Å². The summed E-state index contributed by atoms with van der Waals surface area (Å²) in [5, 5.41) is 10.5. The Morgan fingerprint density at radius 2 is 1.94 bits per heavy atom. The minimum absolute atomic E-state index is 0.00310. The number of carbonyl (C=O) groups is 1. The van der Waals surface area contributed by atoms with Gasteiger partial charge in [0.1, 0.15) is 0 Å². The van der Waals surface area contributed by atoms with Crippen LogP contribution >= 0.6 is 0 Å². The predicted octanol–water partition coefficient (Wildman–Crippen LogP) is 1.69. The van der Waals surface area contributed by atoms with E-state index in [2.05, 4.69) is 0 Å². The van der Waals surface area contributed by atoms with Crippen LogP contribution in [0, 0.1) is 16.5 Å². The summed E-state index contributed by atoms with van der Waals surface area (Å²) < 4.78 is 0. The standard InChI is InChI=1S/C12H15N2O3/c15-12(13-8-2-1-3-9-13)10-4-6-11(7-5-10)14(16)17/h4-6H,1-3,7-9H2. The van der Waals surface area contributed by atoms with Crippen LogP contribution in [0.2, 0.25) is 0 Å². The van der Waals surface area contributed by atoms with Gasteiger partial charge < -0.3 is 4.90 Å². The number of likely N-dealkylation sites (tertiary alicyclic amines) is 1. The third kappa shape index (κ3) is 2.72. The zero-order valence-electron chi connectivity index (χ0n) is 9.59. The average molecular weight is 235 g/mol. The van der Waals surface area contributed by atoms with Crippen molar-refractivity contribution in [1.82, 2.24) is 4.90 Å². The number of allylic oxidation sites excluding steroid dienone is 3. The summed E-state index contributed by atoms with van der Waals surface area (Å²) in [5.74, 6) is 0.00310. The molecular formula is C12H15N2O3. The highest BCUT2D eigenvalue weighted by molar-refractivity contribution is 5.96. The van der Waals surface area contributed by atoms with Crippen molar-refractivity contribution < 1.29 is 9.72 Å². The van der Waals surface area contributed by atoms with Crippen LogP contribution in [-0.4, -0.2) is 28.8 Å². The van der Waals surface area contributed by atoms with Crippen molar-refractivity contribution in [1.29, 1.82) is 0 Å². The van der Waals surface area contributed by atoms with E-state index in [1.807, 2.05) is 4.90 Å². The molecule has 1 saturated heterocycles. The molecule has 0 N–H and O–H groups in total. The lowest BCUT2D eigenvalue weighted by atomic mass is 10.0. The highest BCUT2D eigenvalue weighted by atomic mass is 16.6. The van der Waals surface area contributed by atoms with E-state index in [4.69, 9.17) is 0 Å². The van der Waals surface area contributed by atoms with E-state index in [9.17, 15) is 14.9 Å². The third-order valence-corrected chi connectivity index (χ3v) is 3.11. The van der Waals surface area contributed by atoms with Crippen LogP contribution < -0.4 is 0 Å². The second kappa shape index (κ2) is 5.12. The molecule has 1 aliphatic carbocycles. The minimum Gasteiger partial charge on any atom is -0.339 e. The molecule has 0 unspecified atom stereocenters. The Balaban J connectivity index is 2.03. The van der Waals surface area contributed by atoms with E-state index in [0.29, 0.717) is 5.57 Å². The molecule has 1 radical (unpaired) electrons. The second-order valence-electron chi connectivity index (χ2n) is 4.30. The van der Waals surface area contributed by atoms with E-state index in [1.54, 1.807) is 12.5 Å². The maximum atomic E-state index is 12.1. The first kappa shape index (κ1) is 11.8. The molecule has 5 heteroatoms.